The van der Waals surface area contributed by atoms with Gasteiger partial charge in [-0.25, -0.2) is 14.8 Å². The van der Waals surface area contributed by atoms with Crippen LogP contribution in [0.1, 0.15) is 90.3 Å². The minimum Gasteiger partial charge on any atom is -0.380 e. The van der Waals surface area contributed by atoms with Gasteiger partial charge in [0, 0.05) is 81.1 Å². The van der Waals surface area contributed by atoms with Gasteiger partial charge in [-0.15, -0.1) is 0 Å². The summed E-state index contributed by atoms with van der Waals surface area (Å²) in [5.74, 6) is -0.574. The Morgan fingerprint density at radius 1 is 0.969 bits per heavy atom. The van der Waals surface area contributed by atoms with Crippen LogP contribution >= 0.6 is 0 Å². The number of amides is 7. The molecule has 64 heavy (non-hydrogen) atoms. The highest BCUT2D eigenvalue weighted by molar-refractivity contribution is 6.04. The summed E-state index contributed by atoms with van der Waals surface area (Å²) in [6.45, 7) is 10.6. The summed E-state index contributed by atoms with van der Waals surface area (Å²) in [5.41, 5.74) is 9.77. The van der Waals surface area contributed by atoms with E-state index in [0.717, 1.165) is 43.5 Å². The number of anilines is 4. The van der Waals surface area contributed by atoms with Crippen LogP contribution in [0.25, 0.3) is 0 Å². The molecule has 5 aliphatic heterocycles. The van der Waals surface area contributed by atoms with Gasteiger partial charge in [-0.1, -0.05) is 31.7 Å². The topological polar surface area (TPSA) is 216 Å². The number of nitrogens with zero attached hydrogens (tertiary/aromatic N) is 7. The van der Waals surface area contributed by atoms with Crippen LogP contribution in [0.15, 0.2) is 60.9 Å². The number of carbonyl (C=O) groups is 6. The molecule has 18 heteroatoms. The van der Waals surface area contributed by atoms with Gasteiger partial charge in [-0.3, -0.25) is 24.0 Å². The van der Waals surface area contributed by atoms with Crippen LogP contribution < -0.4 is 26.6 Å². The van der Waals surface area contributed by atoms with Crippen LogP contribution in [0.2, 0.25) is 0 Å². The van der Waals surface area contributed by atoms with Crippen molar-refractivity contribution in [1.82, 2.24) is 34.9 Å². The summed E-state index contributed by atoms with van der Waals surface area (Å²) < 4.78 is 5.70. The number of piperidine rings is 3. The molecule has 2 atom stereocenters. The van der Waals surface area contributed by atoms with Crippen LogP contribution in [-0.4, -0.2) is 137 Å². The van der Waals surface area contributed by atoms with E-state index < -0.39 is 11.9 Å². The van der Waals surface area contributed by atoms with E-state index in [2.05, 4.69) is 51.5 Å². The van der Waals surface area contributed by atoms with Crippen molar-refractivity contribution in [3.63, 3.8) is 0 Å². The second-order valence-electron chi connectivity index (χ2n) is 17.6. The maximum absolute atomic E-state index is 13.2. The van der Waals surface area contributed by atoms with Gasteiger partial charge in [-0.2, -0.15) is 0 Å². The number of primary amides is 1. The van der Waals surface area contributed by atoms with Crippen molar-refractivity contribution < 1.29 is 33.5 Å². The number of benzene rings is 2. The quantitative estimate of drug-likeness (QED) is 0.171. The summed E-state index contributed by atoms with van der Waals surface area (Å²) in [5, 5.41) is 8.89. The Morgan fingerprint density at radius 3 is 2.45 bits per heavy atom. The number of allylic oxidation sites excluding steroid dienone is 1. The van der Waals surface area contributed by atoms with E-state index in [9.17, 15) is 28.8 Å². The highest BCUT2D eigenvalue weighted by atomic mass is 16.5. The Balaban J connectivity index is 0.776. The lowest BCUT2D eigenvalue weighted by Crippen LogP contribution is -2.49. The second kappa shape index (κ2) is 18.7. The van der Waals surface area contributed by atoms with Gasteiger partial charge in [0.15, 0.2) is 11.5 Å². The van der Waals surface area contributed by atoms with Crippen LogP contribution in [0.3, 0.4) is 0 Å². The number of hydrogen-bond donors (Lipinski definition) is 4. The standard InChI is InChI=1S/C46H57N11O7/c1-29-9-14-36(43(61)49-29)57-28-34-33(44(57)62)7-4-8-35(34)51-38(58)15-24-64-25-16-39(59)54-20-17-46(2,18-21-54)30-10-12-31(13-11-30)50-42-40(41(47)60)48-26-37(52-42)55-19-5-6-32(27-55)56-23-22-53(3)45(56)63/h4,7-8,10-13,26,32,36H,1,5-6,9,14-25,27-28H2,2-3H3,(H2,47,60)(H,49,61)(H,50,52)(H,51,58)/t32-,36?/m1/s1. The van der Waals surface area contributed by atoms with E-state index in [1.165, 1.54) is 0 Å². The molecule has 0 radical (unpaired) electrons. The number of carbonyl (C=O) groups excluding carboxylic acids is 6. The number of likely N-dealkylation sites (N-methyl/N-ethyl adjacent to an activating group) is 1. The number of urea groups is 1. The molecule has 18 nitrogen and oxygen atoms in total. The molecule has 338 valence electrons. The van der Waals surface area contributed by atoms with Gasteiger partial charge in [0.25, 0.3) is 11.8 Å². The van der Waals surface area contributed by atoms with Crippen molar-refractivity contribution >= 4 is 58.6 Å². The molecular formula is C46H57N11O7. The fraction of sp³-hybridized carbons (Fsp3) is 0.478. The first-order chi connectivity index (χ1) is 30.8. The van der Waals surface area contributed by atoms with Crippen molar-refractivity contribution in [3.05, 3.63) is 83.3 Å². The highest BCUT2D eigenvalue weighted by Gasteiger charge is 2.40. The molecule has 0 bridgehead atoms. The highest BCUT2D eigenvalue weighted by Crippen LogP contribution is 2.37. The molecule has 1 unspecified atom stereocenters. The minimum atomic E-state index is -0.691. The number of nitrogens with two attached hydrogens (primary N) is 1. The molecule has 0 saturated carbocycles. The van der Waals surface area contributed by atoms with Crippen molar-refractivity contribution in [3.8, 4) is 0 Å². The molecule has 4 fully saturated rings. The predicted molar refractivity (Wildman–Crippen MR) is 239 cm³/mol. The fourth-order valence-corrected chi connectivity index (χ4v) is 9.43. The SMILES string of the molecule is C=C1CCC(N2Cc3c(NC(=O)CCOCCC(=O)N4CCC(C)(c5ccc(Nc6nc(N7CCC[C@@H](N8CCN(C)C8=O)C7)cnc6C(N)=O)cc5)CC4)cccc3C2=O)C(=O)N1. The summed E-state index contributed by atoms with van der Waals surface area (Å²) >= 11 is 0. The third kappa shape index (κ3) is 9.37. The Hall–Kier alpha value is -6.56. The van der Waals surface area contributed by atoms with E-state index in [1.807, 2.05) is 29.0 Å². The molecule has 8 rings (SSSR count). The molecule has 6 heterocycles. The smallest absolute Gasteiger partial charge is 0.320 e. The molecule has 1 aromatic heterocycles. The lowest BCUT2D eigenvalue weighted by Gasteiger charge is -2.40. The van der Waals surface area contributed by atoms with E-state index >= 15 is 0 Å². The van der Waals surface area contributed by atoms with Crippen LogP contribution in [0, 0.1) is 0 Å². The van der Waals surface area contributed by atoms with Gasteiger partial charge >= 0.3 is 6.03 Å². The Labute approximate surface area is 372 Å². The fourth-order valence-electron chi connectivity index (χ4n) is 9.43. The average molecular weight is 876 g/mol. The Kier molecular flexibility index (Phi) is 12.8. The maximum Gasteiger partial charge on any atom is 0.320 e. The van der Waals surface area contributed by atoms with E-state index in [4.69, 9.17) is 15.5 Å². The van der Waals surface area contributed by atoms with E-state index in [0.29, 0.717) is 73.9 Å². The number of likely N-dealkylation sites (tertiary alicyclic amines) is 1. The summed E-state index contributed by atoms with van der Waals surface area (Å²) in [6.07, 6.45) is 6.31. The summed E-state index contributed by atoms with van der Waals surface area (Å²) in [4.78, 5) is 95.2. The lowest BCUT2D eigenvalue weighted by atomic mass is 9.74. The first-order valence-corrected chi connectivity index (χ1v) is 22.2. The second-order valence-corrected chi connectivity index (χ2v) is 17.6. The molecule has 0 spiro atoms. The molecule has 0 aliphatic carbocycles. The Bertz CT molecular complexity index is 2330. The number of rotatable bonds is 14. The van der Waals surface area contributed by atoms with Gasteiger partial charge in [-0.05, 0) is 73.8 Å². The van der Waals surface area contributed by atoms with E-state index in [1.54, 1.807) is 34.2 Å². The van der Waals surface area contributed by atoms with Gasteiger partial charge in [0.05, 0.1) is 38.3 Å². The number of aromatic nitrogens is 2. The van der Waals surface area contributed by atoms with Crippen molar-refractivity contribution in [2.45, 2.75) is 82.3 Å². The van der Waals surface area contributed by atoms with Gasteiger partial charge in [0.2, 0.25) is 17.7 Å². The molecule has 3 aromatic rings. The lowest BCUT2D eigenvalue weighted by molar-refractivity contribution is -0.134. The zero-order valence-electron chi connectivity index (χ0n) is 36.6. The number of fused-ring (bicyclic) bond motifs is 1. The van der Waals surface area contributed by atoms with Crippen molar-refractivity contribution in [1.29, 1.82) is 0 Å². The first kappa shape index (κ1) is 44.1. The minimum absolute atomic E-state index is 0.00175. The third-order valence-corrected chi connectivity index (χ3v) is 13.4. The number of nitrogens with one attached hydrogen (secondary N) is 3. The zero-order valence-corrected chi connectivity index (χ0v) is 36.6. The number of ether oxygens (including phenoxy) is 1. The molecule has 7 amide bonds. The zero-order chi connectivity index (χ0) is 45.1. The maximum atomic E-state index is 13.2. The third-order valence-electron chi connectivity index (χ3n) is 13.4. The molecule has 2 aromatic carbocycles. The van der Waals surface area contributed by atoms with Crippen molar-refractivity contribution in [2.75, 3.05) is 75.1 Å². The normalized spacial score (nSPS) is 20.9. The average Bonchev–Trinajstić information content (AvgIpc) is 3.81. The van der Waals surface area contributed by atoms with Gasteiger partial charge < -0.3 is 50.9 Å². The van der Waals surface area contributed by atoms with E-state index in [-0.39, 0.29) is 85.2 Å². The molecule has 5 aliphatic rings. The monoisotopic (exact) mass is 875 g/mol. The predicted octanol–water partition coefficient (Wildman–Crippen LogP) is 3.72. The summed E-state index contributed by atoms with van der Waals surface area (Å²) in [7, 11) is 1.82. The van der Waals surface area contributed by atoms with Crippen LogP contribution in [-0.2, 0) is 31.1 Å². The largest absolute Gasteiger partial charge is 0.380 e. The Morgan fingerprint density at radius 2 is 1.73 bits per heavy atom. The van der Waals surface area contributed by atoms with Crippen LogP contribution in [0.5, 0.6) is 0 Å². The number of hydrogen-bond acceptors (Lipinski definition) is 11. The first-order valence-electron chi connectivity index (χ1n) is 22.2. The summed E-state index contributed by atoms with van der Waals surface area (Å²) in [6, 6.07) is 12.7. The molecule has 5 N–H and O–H groups in total. The molecule has 4 saturated heterocycles. The van der Waals surface area contributed by atoms with Crippen molar-refractivity contribution in [2.24, 2.45) is 5.73 Å². The van der Waals surface area contributed by atoms with Gasteiger partial charge in [0.1, 0.15) is 11.9 Å². The van der Waals surface area contributed by atoms with Crippen LogP contribution in [0.4, 0.5) is 27.8 Å². The molecular weight excluding hydrogens is 819 g/mol.